The fraction of sp³-hybridized carbons (Fsp3) is 0.500. The molecule has 0 aromatic carbocycles. The molecule has 0 saturated heterocycles. The number of aromatic nitrogens is 3. The Morgan fingerprint density at radius 3 is 3.00 bits per heavy atom. The van der Waals surface area contributed by atoms with Crippen LogP contribution in [-0.2, 0) is 6.42 Å². The van der Waals surface area contributed by atoms with Crippen LogP contribution < -0.4 is 5.32 Å². The van der Waals surface area contributed by atoms with Crippen LogP contribution >= 0.6 is 15.9 Å². The minimum Gasteiger partial charge on any atom is -0.339 e. The molecule has 6 heteroatoms. The second-order valence-corrected chi connectivity index (χ2v) is 5.71. The molecular formula is C14H19BrN4O. The standard InChI is InChI=1S/C14H19BrN4O/c1-3-6-17-10(2)4-5-13-18-14(19-20-13)11-7-12(15)9-16-8-11/h7-10,17H,3-6H2,1-2H3. The van der Waals surface area contributed by atoms with Crippen molar-refractivity contribution >= 4 is 15.9 Å². The lowest BCUT2D eigenvalue weighted by Crippen LogP contribution is -2.27. The molecule has 0 radical (unpaired) electrons. The first kappa shape index (κ1) is 15.1. The maximum absolute atomic E-state index is 5.28. The smallest absolute Gasteiger partial charge is 0.227 e. The molecule has 0 aliphatic rings. The number of halogens is 1. The molecule has 2 aromatic heterocycles. The van der Waals surface area contributed by atoms with Gasteiger partial charge in [0.25, 0.3) is 0 Å². The second-order valence-electron chi connectivity index (χ2n) is 4.80. The first-order valence-electron chi connectivity index (χ1n) is 6.86. The third-order valence-electron chi connectivity index (χ3n) is 2.97. The van der Waals surface area contributed by atoms with E-state index in [1.54, 1.807) is 12.4 Å². The summed E-state index contributed by atoms with van der Waals surface area (Å²) >= 11 is 3.38. The van der Waals surface area contributed by atoms with E-state index < -0.39 is 0 Å². The Kier molecular flexibility index (Phi) is 5.67. The molecule has 0 saturated carbocycles. The molecule has 108 valence electrons. The van der Waals surface area contributed by atoms with E-state index in [0.29, 0.717) is 17.8 Å². The van der Waals surface area contributed by atoms with Gasteiger partial charge in [0, 0.05) is 34.9 Å². The van der Waals surface area contributed by atoms with Gasteiger partial charge in [-0.25, -0.2) is 0 Å². The largest absolute Gasteiger partial charge is 0.339 e. The molecule has 2 rings (SSSR count). The summed E-state index contributed by atoms with van der Waals surface area (Å²) in [5.74, 6) is 1.26. The first-order valence-corrected chi connectivity index (χ1v) is 7.65. The van der Waals surface area contributed by atoms with Crippen molar-refractivity contribution in [1.82, 2.24) is 20.4 Å². The average molecular weight is 339 g/mol. The van der Waals surface area contributed by atoms with E-state index in [0.717, 1.165) is 35.8 Å². The van der Waals surface area contributed by atoms with Gasteiger partial charge < -0.3 is 9.84 Å². The summed E-state index contributed by atoms with van der Waals surface area (Å²) in [5, 5.41) is 7.44. The number of nitrogens with zero attached hydrogens (tertiary/aromatic N) is 3. The fourth-order valence-electron chi connectivity index (χ4n) is 1.84. The molecule has 20 heavy (non-hydrogen) atoms. The molecular weight excluding hydrogens is 320 g/mol. The number of hydrogen-bond donors (Lipinski definition) is 1. The van der Waals surface area contributed by atoms with E-state index in [4.69, 9.17) is 4.52 Å². The summed E-state index contributed by atoms with van der Waals surface area (Å²) in [4.78, 5) is 8.51. The Hall–Kier alpha value is -1.27. The van der Waals surface area contributed by atoms with Crippen LogP contribution in [0.25, 0.3) is 11.4 Å². The van der Waals surface area contributed by atoms with E-state index in [1.807, 2.05) is 6.07 Å². The van der Waals surface area contributed by atoms with Crippen LogP contribution in [0.5, 0.6) is 0 Å². The highest BCUT2D eigenvalue weighted by Crippen LogP contribution is 2.19. The van der Waals surface area contributed by atoms with Crippen LogP contribution in [-0.4, -0.2) is 27.7 Å². The third-order valence-corrected chi connectivity index (χ3v) is 3.40. The lowest BCUT2D eigenvalue weighted by atomic mass is 10.2. The zero-order chi connectivity index (χ0) is 14.4. The van der Waals surface area contributed by atoms with Gasteiger partial charge in [0.1, 0.15) is 0 Å². The average Bonchev–Trinajstić information content (AvgIpc) is 2.92. The Balaban J connectivity index is 1.92. The number of hydrogen-bond acceptors (Lipinski definition) is 5. The summed E-state index contributed by atoms with van der Waals surface area (Å²) in [7, 11) is 0. The van der Waals surface area contributed by atoms with Crippen molar-refractivity contribution < 1.29 is 4.52 Å². The van der Waals surface area contributed by atoms with E-state index in [2.05, 4.69) is 50.2 Å². The highest BCUT2D eigenvalue weighted by Gasteiger charge is 2.10. The summed E-state index contributed by atoms with van der Waals surface area (Å²) in [5.41, 5.74) is 0.853. The summed E-state index contributed by atoms with van der Waals surface area (Å²) in [6.45, 7) is 5.38. The molecule has 0 fully saturated rings. The normalized spacial score (nSPS) is 12.6. The number of nitrogens with one attached hydrogen (secondary N) is 1. The summed E-state index contributed by atoms with van der Waals surface area (Å²) in [6, 6.07) is 2.38. The van der Waals surface area contributed by atoms with Crippen molar-refractivity contribution in [1.29, 1.82) is 0 Å². The van der Waals surface area contributed by atoms with Gasteiger partial charge in [-0.1, -0.05) is 12.1 Å². The zero-order valence-corrected chi connectivity index (χ0v) is 13.4. The fourth-order valence-corrected chi connectivity index (χ4v) is 2.21. The summed E-state index contributed by atoms with van der Waals surface area (Å²) < 4.78 is 6.18. The molecule has 0 spiro atoms. The van der Waals surface area contributed by atoms with E-state index in [1.165, 1.54) is 0 Å². The van der Waals surface area contributed by atoms with Crippen molar-refractivity contribution in [2.24, 2.45) is 0 Å². The Morgan fingerprint density at radius 2 is 2.25 bits per heavy atom. The maximum atomic E-state index is 5.28. The third kappa shape index (κ3) is 4.38. The van der Waals surface area contributed by atoms with Gasteiger partial charge in [-0.05, 0) is 48.3 Å². The highest BCUT2D eigenvalue weighted by atomic mass is 79.9. The molecule has 1 atom stereocenters. The van der Waals surface area contributed by atoms with Crippen LogP contribution in [0.2, 0.25) is 0 Å². The van der Waals surface area contributed by atoms with E-state index in [-0.39, 0.29) is 0 Å². The van der Waals surface area contributed by atoms with Gasteiger partial charge in [0.15, 0.2) is 0 Å². The van der Waals surface area contributed by atoms with Crippen molar-refractivity contribution in [2.75, 3.05) is 6.54 Å². The molecule has 0 aliphatic heterocycles. The minimum absolute atomic E-state index is 0.456. The van der Waals surface area contributed by atoms with Crippen LogP contribution in [0.15, 0.2) is 27.5 Å². The van der Waals surface area contributed by atoms with E-state index >= 15 is 0 Å². The van der Waals surface area contributed by atoms with Crippen molar-refractivity contribution in [3.05, 3.63) is 28.8 Å². The van der Waals surface area contributed by atoms with Gasteiger partial charge in [-0.2, -0.15) is 4.98 Å². The predicted octanol–water partition coefficient (Wildman–Crippen LogP) is 3.21. The van der Waals surface area contributed by atoms with Crippen molar-refractivity contribution in [3.8, 4) is 11.4 Å². The van der Waals surface area contributed by atoms with Gasteiger partial charge in [0.05, 0.1) is 0 Å². The maximum Gasteiger partial charge on any atom is 0.227 e. The Labute approximate surface area is 127 Å². The quantitative estimate of drug-likeness (QED) is 0.839. The van der Waals surface area contributed by atoms with Crippen LogP contribution in [0.1, 0.15) is 32.6 Å². The molecule has 1 N–H and O–H groups in total. The molecule has 5 nitrogen and oxygen atoms in total. The van der Waals surface area contributed by atoms with Gasteiger partial charge >= 0.3 is 0 Å². The molecule has 1 unspecified atom stereocenters. The SMILES string of the molecule is CCCNC(C)CCc1nc(-c2cncc(Br)c2)no1. The molecule has 0 amide bonds. The summed E-state index contributed by atoms with van der Waals surface area (Å²) in [6.07, 6.45) is 6.37. The minimum atomic E-state index is 0.456. The number of aryl methyl sites for hydroxylation is 1. The number of rotatable bonds is 7. The topological polar surface area (TPSA) is 63.8 Å². The molecule has 2 aromatic rings. The van der Waals surface area contributed by atoms with Gasteiger partial charge in [-0.3, -0.25) is 4.98 Å². The molecule has 2 heterocycles. The Morgan fingerprint density at radius 1 is 1.40 bits per heavy atom. The predicted molar refractivity (Wildman–Crippen MR) is 81.3 cm³/mol. The second kappa shape index (κ2) is 7.50. The lowest BCUT2D eigenvalue weighted by Gasteiger charge is -2.10. The Bertz CT molecular complexity index is 543. The molecule has 0 aliphatic carbocycles. The van der Waals surface area contributed by atoms with E-state index in [9.17, 15) is 0 Å². The van der Waals surface area contributed by atoms with Crippen LogP contribution in [0, 0.1) is 0 Å². The number of pyridine rings is 1. The van der Waals surface area contributed by atoms with Crippen LogP contribution in [0.4, 0.5) is 0 Å². The van der Waals surface area contributed by atoms with Crippen molar-refractivity contribution in [2.45, 2.75) is 39.2 Å². The highest BCUT2D eigenvalue weighted by molar-refractivity contribution is 9.10. The lowest BCUT2D eigenvalue weighted by molar-refractivity contribution is 0.367. The van der Waals surface area contributed by atoms with Crippen LogP contribution in [0.3, 0.4) is 0 Å². The van der Waals surface area contributed by atoms with Gasteiger partial charge in [-0.15, -0.1) is 0 Å². The monoisotopic (exact) mass is 338 g/mol. The first-order chi connectivity index (χ1) is 9.69. The molecule has 0 bridgehead atoms. The van der Waals surface area contributed by atoms with Crippen molar-refractivity contribution in [3.63, 3.8) is 0 Å². The van der Waals surface area contributed by atoms with Gasteiger partial charge in [0.2, 0.25) is 11.7 Å². The zero-order valence-electron chi connectivity index (χ0n) is 11.8.